The third-order valence-corrected chi connectivity index (χ3v) is 7.06. The monoisotopic (exact) mass is 489 g/mol. The van der Waals surface area contributed by atoms with Gasteiger partial charge in [0, 0.05) is 22.9 Å². The van der Waals surface area contributed by atoms with Crippen molar-refractivity contribution >= 4 is 21.4 Å². The standard InChI is InChI=1S/C26H23N3O5S/c1-17-7-9-19(10-8-17)25-28-24(18-5-3-2-4-6-18)26(29-25)35(31,32)16-23(30)27-20-11-12-21-22(15-20)34-14-13-33-21/h2-12,15H,13-14,16H2,1H3,(H,27,30)(H,28,29). The predicted molar refractivity (Wildman–Crippen MR) is 132 cm³/mol. The maximum atomic E-state index is 13.4. The number of amides is 1. The second-order valence-corrected chi connectivity index (χ2v) is 10.1. The highest BCUT2D eigenvalue weighted by Gasteiger charge is 2.28. The third-order valence-electron chi connectivity index (χ3n) is 5.50. The van der Waals surface area contributed by atoms with E-state index in [1.807, 2.05) is 37.3 Å². The van der Waals surface area contributed by atoms with Crippen LogP contribution in [0.15, 0.2) is 77.8 Å². The molecule has 0 saturated carbocycles. The molecule has 178 valence electrons. The summed E-state index contributed by atoms with van der Waals surface area (Å²) in [4.78, 5) is 20.3. The van der Waals surface area contributed by atoms with Crippen molar-refractivity contribution in [2.75, 3.05) is 24.3 Å². The smallest absolute Gasteiger partial charge is 0.240 e. The molecule has 3 aromatic carbocycles. The molecular formula is C26H23N3O5S. The highest BCUT2D eigenvalue weighted by Crippen LogP contribution is 2.33. The van der Waals surface area contributed by atoms with Crippen molar-refractivity contribution in [1.82, 2.24) is 9.97 Å². The fraction of sp³-hybridized carbons (Fsp3) is 0.154. The summed E-state index contributed by atoms with van der Waals surface area (Å²) in [5, 5.41) is 2.53. The average Bonchev–Trinajstić information content (AvgIpc) is 3.31. The number of nitrogens with zero attached hydrogens (tertiary/aromatic N) is 1. The van der Waals surface area contributed by atoms with Crippen molar-refractivity contribution in [3.05, 3.63) is 78.4 Å². The van der Waals surface area contributed by atoms with Crippen LogP contribution in [0, 0.1) is 6.92 Å². The van der Waals surface area contributed by atoms with E-state index < -0.39 is 21.5 Å². The lowest BCUT2D eigenvalue weighted by Gasteiger charge is -2.19. The highest BCUT2D eigenvalue weighted by molar-refractivity contribution is 7.92. The number of hydrogen-bond acceptors (Lipinski definition) is 6. The Morgan fingerprint density at radius 2 is 1.66 bits per heavy atom. The minimum atomic E-state index is -4.06. The first-order valence-corrected chi connectivity index (χ1v) is 12.7. The molecule has 4 aromatic rings. The number of anilines is 1. The van der Waals surface area contributed by atoms with Crippen LogP contribution in [-0.2, 0) is 14.6 Å². The van der Waals surface area contributed by atoms with Crippen LogP contribution in [0.25, 0.3) is 22.6 Å². The lowest BCUT2D eigenvalue weighted by molar-refractivity contribution is -0.113. The van der Waals surface area contributed by atoms with Gasteiger partial charge in [-0.25, -0.2) is 13.4 Å². The predicted octanol–water partition coefficient (Wildman–Crippen LogP) is 4.24. The van der Waals surface area contributed by atoms with E-state index in [2.05, 4.69) is 15.3 Å². The minimum Gasteiger partial charge on any atom is -0.486 e. The summed E-state index contributed by atoms with van der Waals surface area (Å²) in [6, 6.07) is 21.5. The molecule has 35 heavy (non-hydrogen) atoms. The minimum absolute atomic E-state index is 0.100. The number of H-pyrrole nitrogens is 1. The summed E-state index contributed by atoms with van der Waals surface area (Å²) in [6.45, 7) is 2.83. The van der Waals surface area contributed by atoms with E-state index in [1.165, 1.54) is 0 Å². The molecule has 0 aliphatic carbocycles. The van der Waals surface area contributed by atoms with Gasteiger partial charge in [-0.1, -0.05) is 60.2 Å². The molecule has 0 saturated heterocycles. The Labute approximate surface area is 202 Å². The first-order chi connectivity index (χ1) is 16.9. The normalized spacial score (nSPS) is 12.8. The Balaban J connectivity index is 1.44. The molecule has 0 radical (unpaired) electrons. The second-order valence-electron chi connectivity index (χ2n) is 8.16. The van der Waals surface area contributed by atoms with Gasteiger partial charge in [-0.3, -0.25) is 4.79 Å². The number of aromatic amines is 1. The van der Waals surface area contributed by atoms with Crippen LogP contribution in [-0.4, -0.2) is 43.3 Å². The number of aromatic nitrogens is 2. The van der Waals surface area contributed by atoms with Gasteiger partial charge in [0.05, 0.1) is 0 Å². The largest absolute Gasteiger partial charge is 0.486 e. The van der Waals surface area contributed by atoms with Gasteiger partial charge in [0.2, 0.25) is 15.7 Å². The van der Waals surface area contributed by atoms with Gasteiger partial charge in [-0.05, 0) is 19.1 Å². The molecule has 2 N–H and O–H groups in total. The fourth-order valence-electron chi connectivity index (χ4n) is 3.79. The maximum absolute atomic E-state index is 13.4. The van der Waals surface area contributed by atoms with Gasteiger partial charge in [-0.2, -0.15) is 0 Å². The number of carbonyl (C=O) groups is 1. The summed E-state index contributed by atoms with van der Waals surface area (Å²) in [7, 11) is -4.06. The highest BCUT2D eigenvalue weighted by atomic mass is 32.2. The number of carbonyl (C=O) groups excluding carboxylic acids is 1. The maximum Gasteiger partial charge on any atom is 0.240 e. The molecule has 9 heteroatoms. The van der Waals surface area contributed by atoms with Gasteiger partial charge >= 0.3 is 0 Å². The zero-order valence-electron chi connectivity index (χ0n) is 18.9. The van der Waals surface area contributed by atoms with E-state index in [-0.39, 0.29) is 10.7 Å². The molecule has 0 fully saturated rings. The van der Waals surface area contributed by atoms with Crippen molar-refractivity contribution < 1.29 is 22.7 Å². The van der Waals surface area contributed by atoms with E-state index in [0.717, 1.165) is 11.1 Å². The third kappa shape index (κ3) is 4.90. The summed E-state index contributed by atoms with van der Waals surface area (Å²) in [6.07, 6.45) is 0. The van der Waals surface area contributed by atoms with Crippen LogP contribution >= 0.6 is 0 Å². The number of sulfone groups is 1. The van der Waals surface area contributed by atoms with Gasteiger partial charge < -0.3 is 19.8 Å². The topological polar surface area (TPSA) is 110 Å². The summed E-state index contributed by atoms with van der Waals surface area (Å²) in [5.41, 5.74) is 3.14. The van der Waals surface area contributed by atoms with E-state index >= 15 is 0 Å². The summed E-state index contributed by atoms with van der Waals surface area (Å²) in [5.74, 6) is 0.0634. The van der Waals surface area contributed by atoms with E-state index in [9.17, 15) is 13.2 Å². The van der Waals surface area contributed by atoms with Crippen LogP contribution in [0.4, 0.5) is 5.69 Å². The van der Waals surface area contributed by atoms with Crippen molar-refractivity contribution in [1.29, 1.82) is 0 Å². The van der Waals surface area contributed by atoms with Gasteiger partial charge in [0.1, 0.15) is 30.5 Å². The first kappa shape index (κ1) is 22.7. The number of fused-ring (bicyclic) bond motifs is 1. The molecule has 2 heterocycles. The Morgan fingerprint density at radius 3 is 2.40 bits per heavy atom. The molecule has 0 unspecified atom stereocenters. The van der Waals surface area contributed by atoms with Crippen molar-refractivity contribution in [2.24, 2.45) is 0 Å². The lowest BCUT2D eigenvalue weighted by atomic mass is 10.1. The quantitative estimate of drug-likeness (QED) is 0.419. The van der Waals surface area contributed by atoms with Crippen molar-refractivity contribution in [3.63, 3.8) is 0 Å². The van der Waals surface area contributed by atoms with E-state index in [1.54, 1.807) is 42.5 Å². The Bertz CT molecular complexity index is 1480. The number of hydrogen-bond donors (Lipinski definition) is 2. The molecular weight excluding hydrogens is 466 g/mol. The fourth-order valence-corrected chi connectivity index (χ4v) is 5.06. The Hall–Kier alpha value is -4.11. The lowest BCUT2D eigenvalue weighted by Crippen LogP contribution is -2.24. The Kier molecular flexibility index (Phi) is 6.00. The van der Waals surface area contributed by atoms with Crippen LogP contribution in [0.2, 0.25) is 0 Å². The van der Waals surface area contributed by atoms with E-state index in [0.29, 0.717) is 41.8 Å². The second kappa shape index (κ2) is 9.27. The molecule has 1 aromatic heterocycles. The van der Waals surface area contributed by atoms with E-state index in [4.69, 9.17) is 9.47 Å². The molecule has 0 spiro atoms. The SMILES string of the molecule is Cc1ccc(-c2nc(-c3ccccc3)c(S(=O)(=O)CC(=O)Nc3ccc4c(c3)OCCO4)[nH]2)cc1. The van der Waals surface area contributed by atoms with Gasteiger partial charge in [0.25, 0.3) is 0 Å². The molecule has 5 rings (SSSR count). The average molecular weight is 490 g/mol. The van der Waals surface area contributed by atoms with Gasteiger partial charge in [-0.15, -0.1) is 0 Å². The number of benzene rings is 3. The van der Waals surface area contributed by atoms with Crippen molar-refractivity contribution in [2.45, 2.75) is 11.9 Å². The molecule has 1 amide bonds. The van der Waals surface area contributed by atoms with Crippen LogP contribution in [0.5, 0.6) is 11.5 Å². The zero-order valence-corrected chi connectivity index (χ0v) is 19.8. The summed E-state index contributed by atoms with van der Waals surface area (Å²) < 4.78 is 37.8. The number of rotatable bonds is 6. The van der Waals surface area contributed by atoms with Crippen LogP contribution in [0.1, 0.15) is 5.56 Å². The zero-order chi connectivity index (χ0) is 24.4. The Morgan fingerprint density at radius 1 is 0.943 bits per heavy atom. The molecule has 1 aliphatic rings. The van der Waals surface area contributed by atoms with Crippen LogP contribution < -0.4 is 14.8 Å². The van der Waals surface area contributed by atoms with Crippen molar-refractivity contribution in [3.8, 4) is 34.1 Å². The number of imidazole rings is 1. The number of ether oxygens (including phenoxy) is 2. The first-order valence-electron chi connectivity index (χ1n) is 11.0. The van der Waals surface area contributed by atoms with Crippen LogP contribution in [0.3, 0.4) is 0 Å². The molecule has 0 bridgehead atoms. The molecule has 8 nitrogen and oxygen atoms in total. The van der Waals surface area contributed by atoms with Gasteiger partial charge in [0.15, 0.2) is 16.5 Å². The number of nitrogens with one attached hydrogen (secondary N) is 2. The summed E-state index contributed by atoms with van der Waals surface area (Å²) >= 11 is 0. The number of aryl methyl sites for hydroxylation is 1. The molecule has 1 aliphatic heterocycles. The molecule has 0 atom stereocenters.